The topological polar surface area (TPSA) is 111 Å². The Bertz CT molecular complexity index is 729. The van der Waals surface area contributed by atoms with Gasteiger partial charge in [0.05, 0.1) is 15.9 Å². The van der Waals surface area contributed by atoms with Crippen LogP contribution in [0.2, 0.25) is 0 Å². The molecule has 0 spiro atoms. The molecule has 1 N–H and O–H groups in total. The molecule has 8 nitrogen and oxygen atoms in total. The molecular formula is C16H20N4O4. The summed E-state index contributed by atoms with van der Waals surface area (Å²) in [4.78, 5) is 20.6. The van der Waals surface area contributed by atoms with Crippen LogP contribution in [0, 0.1) is 31.6 Å². The van der Waals surface area contributed by atoms with E-state index in [9.17, 15) is 20.2 Å². The number of allylic oxidation sites excluding steroid dienone is 2. The molecule has 1 aromatic carbocycles. The molecular weight excluding hydrogens is 312 g/mol. The number of anilines is 1. The first-order valence-corrected chi connectivity index (χ1v) is 7.64. The van der Waals surface area contributed by atoms with Gasteiger partial charge in [-0.1, -0.05) is 26.0 Å². The molecule has 0 unspecified atom stereocenters. The van der Waals surface area contributed by atoms with Gasteiger partial charge in [0.15, 0.2) is 0 Å². The summed E-state index contributed by atoms with van der Waals surface area (Å²) in [6.07, 6.45) is 6.08. The molecule has 8 heteroatoms. The van der Waals surface area contributed by atoms with Gasteiger partial charge >= 0.3 is 5.69 Å². The highest BCUT2D eigenvalue weighted by atomic mass is 16.6. The number of non-ortho nitro benzene ring substituents is 1. The Balaban J connectivity index is 2.29. The molecule has 0 heterocycles. The van der Waals surface area contributed by atoms with E-state index in [1.54, 1.807) is 0 Å². The number of nitrogens with zero attached hydrogens (tertiary/aromatic N) is 3. The first-order chi connectivity index (χ1) is 11.3. The standard InChI is InChI=1S/C16H20N4O4/c1-11-6-4-5-9-16(11,3)12(2)17-18-14-8-7-13(19(21)22)10-15(14)20(23)24/h4-5,7-8,10-11,18H,6,9H2,1-3H3/b17-12-/t11-,16-/m1/s1. The normalized spacial score (nSPS) is 23.8. The third kappa shape index (κ3) is 3.42. The Labute approximate surface area is 139 Å². The third-order valence-corrected chi connectivity index (χ3v) is 4.85. The molecule has 2 atom stereocenters. The predicted molar refractivity (Wildman–Crippen MR) is 92.1 cm³/mol. The van der Waals surface area contributed by atoms with Crippen molar-refractivity contribution in [3.05, 3.63) is 50.6 Å². The molecule has 1 aromatic rings. The maximum atomic E-state index is 11.1. The second-order valence-corrected chi connectivity index (χ2v) is 6.25. The van der Waals surface area contributed by atoms with Crippen LogP contribution in [0.25, 0.3) is 0 Å². The predicted octanol–water partition coefficient (Wildman–Crippen LogP) is 4.28. The SMILES string of the molecule is C/C(=N/Nc1ccc([N+](=O)[O-])cc1[N+](=O)[O-])[C@]1(C)CC=CC[C@H]1C. The van der Waals surface area contributed by atoms with Gasteiger partial charge in [-0.05, 0) is 31.7 Å². The van der Waals surface area contributed by atoms with Crippen LogP contribution in [-0.2, 0) is 0 Å². The summed E-state index contributed by atoms with van der Waals surface area (Å²) in [7, 11) is 0. The van der Waals surface area contributed by atoms with Gasteiger partial charge in [-0.15, -0.1) is 0 Å². The first kappa shape index (κ1) is 17.6. The number of hydrogen-bond acceptors (Lipinski definition) is 6. The van der Waals surface area contributed by atoms with Crippen molar-refractivity contribution in [3.8, 4) is 0 Å². The average Bonchev–Trinajstić information content (AvgIpc) is 2.54. The van der Waals surface area contributed by atoms with Crippen molar-refractivity contribution >= 4 is 22.8 Å². The molecule has 0 fully saturated rings. The van der Waals surface area contributed by atoms with E-state index >= 15 is 0 Å². The zero-order chi connectivity index (χ0) is 17.9. The Morgan fingerprint density at radius 2 is 2.00 bits per heavy atom. The number of rotatable bonds is 5. The number of nitro groups is 2. The second-order valence-electron chi connectivity index (χ2n) is 6.25. The highest BCUT2D eigenvalue weighted by Crippen LogP contribution is 2.39. The van der Waals surface area contributed by atoms with Crippen LogP contribution in [0.3, 0.4) is 0 Å². The summed E-state index contributed by atoms with van der Waals surface area (Å²) in [6.45, 7) is 6.16. The Kier molecular flexibility index (Phi) is 4.96. The molecule has 0 saturated carbocycles. The van der Waals surface area contributed by atoms with Crippen molar-refractivity contribution in [1.29, 1.82) is 0 Å². The van der Waals surface area contributed by atoms with E-state index in [2.05, 4.69) is 36.5 Å². The third-order valence-electron chi connectivity index (χ3n) is 4.85. The molecule has 24 heavy (non-hydrogen) atoms. The van der Waals surface area contributed by atoms with Gasteiger partial charge in [0.1, 0.15) is 5.69 Å². The van der Waals surface area contributed by atoms with Gasteiger partial charge in [-0.25, -0.2) is 0 Å². The summed E-state index contributed by atoms with van der Waals surface area (Å²) in [6, 6.07) is 3.45. The highest BCUT2D eigenvalue weighted by Gasteiger charge is 2.34. The van der Waals surface area contributed by atoms with Crippen LogP contribution in [0.1, 0.15) is 33.6 Å². The van der Waals surface area contributed by atoms with E-state index in [1.165, 1.54) is 12.1 Å². The van der Waals surface area contributed by atoms with Gasteiger partial charge < -0.3 is 0 Å². The van der Waals surface area contributed by atoms with Gasteiger partial charge in [-0.3, -0.25) is 25.7 Å². The highest BCUT2D eigenvalue weighted by molar-refractivity contribution is 5.89. The van der Waals surface area contributed by atoms with Gasteiger partial charge in [0.2, 0.25) is 0 Å². The number of hydrazone groups is 1. The smallest absolute Gasteiger partial charge is 0.272 e. The van der Waals surface area contributed by atoms with Crippen LogP contribution >= 0.6 is 0 Å². The fraction of sp³-hybridized carbons (Fsp3) is 0.438. The minimum absolute atomic E-state index is 0.128. The molecule has 2 rings (SSSR count). The number of nitro benzene ring substituents is 2. The van der Waals surface area contributed by atoms with Crippen molar-refractivity contribution in [2.24, 2.45) is 16.4 Å². The number of hydrogen-bond donors (Lipinski definition) is 1. The van der Waals surface area contributed by atoms with E-state index in [4.69, 9.17) is 0 Å². The van der Waals surface area contributed by atoms with Crippen LogP contribution < -0.4 is 5.43 Å². The molecule has 0 amide bonds. The minimum Gasteiger partial charge on any atom is -0.272 e. The van der Waals surface area contributed by atoms with Gasteiger partial charge in [0, 0.05) is 17.2 Å². The van der Waals surface area contributed by atoms with Crippen LogP contribution in [-0.4, -0.2) is 15.6 Å². The fourth-order valence-corrected chi connectivity index (χ4v) is 2.75. The van der Waals surface area contributed by atoms with E-state index < -0.39 is 9.85 Å². The number of nitrogens with one attached hydrogen (secondary N) is 1. The van der Waals surface area contributed by atoms with Crippen molar-refractivity contribution in [1.82, 2.24) is 0 Å². The monoisotopic (exact) mass is 332 g/mol. The zero-order valence-electron chi connectivity index (χ0n) is 13.9. The average molecular weight is 332 g/mol. The fourth-order valence-electron chi connectivity index (χ4n) is 2.75. The lowest BCUT2D eigenvalue weighted by atomic mass is 9.68. The van der Waals surface area contributed by atoms with E-state index in [-0.39, 0.29) is 22.5 Å². The van der Waals surface area contributed by atoms with E-state index in [0.717, 1.165) is 24.6 Å². The maximum Gasteiger partial charge on any atom is 0.301 e. The van der Waals surface area contributed by atoms with Crippen LogP contribution in [0.15, 0.2) is 35.5 Å². The lowest BCUT2D eigenvalue weighted by Gasteiger charge is -2.37. The Morgan fingerprint density at radius 1 is 1.29 bits per heavy atom. The van der Waals surface area contributed by atoms with Crippen LogP contribution in [0.5, 0.6) is 0 Å². The molecule has 1 aliphatic carbocycles. The summed E-state index contributed by atoms with van der Waals surface area (Å²) >= 11 is 0. The number of benzene rings is 1. The maximum absolute atomic E-state index is 11.1. The van der Waals surface area contributed by atoms with Crippen molar-refractivity contribution in [3.63, 3.8) is 0 Å². The lowest BCUT2D eigenvalue weighted by Crippen LogP contribution is -2.34. The summed E-state index contributed by atoms with van der Waals surface area (Å²) in [5, 5.41) is 26.2. The molecule has 0 aromatic heterocycles. The second kappa shape index (κ2) is 6.77. The molecule has 0 aliphatic heterocycles. The molecule has 0 bridgehead atoms. The van der Waals surface area contributed by atoms with Gasteiger partial charge in [0.25, 0.3) is 5.69 Å². The first-order valence-electron chi connectivity index (χ1n) is 7.64. The minimum atomic E-state index is -0.664. The molecule has 0 saturated heterocycles. The van der Waals surface area contributed by atoms with E-state index in [1.807, 2.05) is 6.92 Å². The zero-order valence-corrected chi connectivity index (χ0v) is 13.9. The summed E-state index contributed by atoms with van der Waals surface area (Å²) < 4.78 is 0. The molecule has 0 radical (unpaired) electrons. The van der Waals surface area contributed by atoms with E-state index in [0.29, 0.717) is 5.92 Å². The Morgan fingerprint density at radius 3 is 2.58 bits per heavy atom. The van der Waals surface area contributed by atoms with Crippen molar-refractivity contribution in [2.75, 3.05) is 5.43 Å². The summed E-state index contributed by atoms with van der Waals surface area (Å²) in [5.74, 6) is 0.403. The largest absolute Gasteiger partial charge is 0.301 e. The quantitative estimate of drug-likeness (QED) is 0.374. The van der Waals surface area contributed by atoms with Crippen molar-refractivity contribution < 1.29 is 9.85 Å². The molecule has 128 valence electrons. The lowest BCUT2D eigenvalue weighted by molar-refractivity contribution is -0.393. The van der Waals surface area contributed by atoms with Gasteiger partial charge in [-0.2, -0.15) is 5.10 Å². The van der Waals surface area contributed by atoms with Crippen molar-refractivity contribution in [2.45, 2.75) is 33.6 Å². The van der Waals surface area contributed by atoms with Crippen LogP contribution in [0.4, 0.5) is 17.1 Å². The Hall–Kier alpha value is -2.77. The molecule has 1 aliphatic rings. The summed E-state index contributed by atoms with van der Waals surface area (Å²) in [5.41, 5.74) is 2.85.